The van der Waals surface area contributed by atoms with Gasteiger partial charge in [0.1, 0.15) is 5.75 Å². The fourth-order valence-electron chi connectivity index (χ4n) is 2.00. The van der Waals surface area contributed by atoms with Crippen LogP contribution in [0.5, 0.6) is 5.75 Å². The van der Waals surface area contributed by atoms with Gasteiger partial charge < -0.3 is 4.74 Å². The van der Waals surface area contributed by atoms with Crippen LogP contribution < -0.4 is 4.74 Å². The summed E-state index contributed by atoms with van der Waals surface area (Å²) in [6.07, 6.45) is 0. The van der Waals surface area contributed by atoms with Crippen molar-refractivity contribution in [3.63, 3.8) is 0 Å². The Morgan fingerprint density at radius 3 is 2.50 bits per heavy atom. The van der Waals surface area contributed by atoms with Crippen molar-refractivity contribution in [2.24, 2.45) is 0 Å². The van der Waals surface area contributed by atoms with Gasteiger partial charge in [-0.3, -0.25) is 4.79 Å². The van der Waals surface area contributed by atoms with Gasteiger partial charge in [0.15, 0.2) is 5.78 Å². The lowest BCUT2D eigenvalue weighted by molar-refractivity contribution is 0.101. The summed E-state index contributed by atoms with van der Waals surface area (Å²) < 4.78 is 5.19. The molecule has 0 fully saturated rings. The summed E-state index contributed by atoms with van der Waals surface area (Å²) in [6.45, 7) is 3.55. The zero-order valence-electron chi connectivity index (χ0n) is 9.70. The first-order valence-corrected chi connectivity index (χ1v) is 5.22. The molecule has 0 unspecified atom stereocenters. The highest BCUT2D eigenvalue weighted by molar-refractivity contribution is 6.08. The van der Waals surface area contributed by atoms with Crippen LogP contribution in [0.15, 0.2) is 30.3 Å². The zero-order chi connectivity index (χ0) is 11.7. The first-order valence-electron chi connectivity index (χ1n) is 5.22. The van der Waals surface area contributed by atoms with E-state index in [4.69, 9.17) is 4.74 Å². The largest absolute Gasteiger partial charge is 0.497 e. The van der Waals surface area contributed by atoms with Crippen LogP contribution in [0.1, 0.15) is 22.8 Å². The number of carbonyl (C=O) groups is 1. The first kappa shape index (κ1) is 10.7. The minimum Gasteiger partial charge on any atom is -0.497 e. The van der Waals surface area contributed by atoms with Crippen LogP contribution >= 0.6 is 0 Å². The molecule has 2 heteroatoms. The Balaban J connectivity index is 2.83. The molecular weight excluding hydrogens is 200 g/mol. The maximum Gasteiger partial charge on any atom is 0.160 e. The summed E-state index contributed by atoms with van der Waals surface area (Å²) in [5.74, 6) is 0.872. The van der Waals surface area contributed by atoms with Crippen molar-refractivity contribution >= 4 is 16.6 Å². The van der Waals surface area contributed by atoms with Gasteiger partial charge in [-0.2, -0.15) is 0 Å². The number of fused-ring (bicyclic) bond motifs is 1. The molecule has 0 radical (unpaired) electrons. The maximum absolute atomic E-state index is 11.6. The summed E-state index contributed by atoms with van der Waals surface area (Å²) >= 11 is 0. The summed E-state index contributed by atoms with van der Waals surface area (Å²) in [5, 5.41) is 2.03. The third-order valence-electron chi connectivity index (χ3n) is 2.79. The standard InChI is InChI=1S/C14H14O2/c1-9-4-5-11-6-7-12(16-3)8-13(11)14(9)10(2)15/h4-8H,1-3H3. The Labute approximate surface area is 94.8 Å². The predicted octanol–water partition coefficient (Wildman–Crippen LogP) is 3.36. The van der Waals surface area contributed by atoms with Crippen molar-refractivity contribution in [1.82, 2.24) is 0 Å². The molecule has 0 spiro atoms. The highest BCUT2D eigenvalue weighted by Gasteiger charge is 2.09. The van der Waals surface area contributed by atoms with E-state index in [1.807, 2.05) is 37.3 Å². The van der Waals surface area contributed by atoms with Gasteiger partial charge in [0.05, 0.1) is 7.11 Å². The molecule has 0 saturated carbocycles. The number of hydrogen-bond acceptors (Lipinski definition) is 2. The molecule has 0 atom stereocenters. The molecular formula is C14H14O2. The van der Waals surface area contributed by atoms with Gasteiger partial charge in [-0.1, -0.05) is 18.2 Å². The van der Waals surface area contributed by atoms with Gasteiger partial charge >= 0.3 is 0 Å². The van der Waals surface area contributed by atoms with Crippen molar-refractivity contribution in [2.45, 2.75) is 13.8 Å². The molecule has 0 amide bonds. The highest BCUT2D eigenvalue weighted by Crippen LogP contribution is 2.26. The first-order chi connectivity index (χ1) is 7.63. The van der Waals surface area contributed by atoms with E-state index in [1.54, 1.807) is 14.0 Å². The SMILES string of the molecule is COc1ccc2ccc(C)c(C(C)=O)c2c1. The fourth-order valence-corrected chi connectivity index (χ4v) is 2.00. The molecule has 0 aromatic heterocycles. The topological polar surface area (TPSA) is 26.3 Å². The molecule has 0 saturated heterocycles. The van der Waals surface area contributed by atoms with Crippen LogP contribution in [0.3, 0.4) is 0 Å². The normalized spacial score (nSPS) is 10.4. The number of benzene rings is 2. The number of Topliss-reactive ketones (excluding diaryl/α,β-unsaturated/α-hetero) is 1. The fraction of sp³-hybridized carbons (Fsp3) is 0.214. The highest BCUT2D eigenvalue weighted by atomic mass is 16.5. The third kappa shape index (κ3) is 1.67. The number of carbonyl (C=O) groups excluding carboxylic acids is 1. The van der Waals surface area contributed by atoms with Crippen LogP contribution in [0.2, 0.25) is 0 Å². The summed E-state index contributed by atoms with van der Waals surface area (Å²) in [5.41, 5.74) is 1.80. The second-order valence-corrected chi connectivity index (χ2v) is 3.90. The number of methoxy groups -OCH3 is 1. The minimum atomic E-state index is 0.0938. The number of rotatable bonds is 2. The summed E-state index contributed by atoms with van der Waals surface area (Å²) in [4.78, 5) is 11.6. The van der Waals surface area contributed by atoms with Crippen molar-refractivity contribution in [3.05, 3.63) is 41.5 Å². The van der Waals surface area contributed by atoms with E-state index in [2.05, 4.69) is 0 Å². The van der Waals surface area contributed by atoms with Crippen LogP contribution in [-0.2, 0) is 0 Å². The summed E-state index contributed by atoms with van der Waals surface area (Å²) in [7, 11) is 1.63. The number of aryl methyl sites for hydroxylation is 1. The van der Waals surface area contributed by atoms with E-state index in [1.165, 1.54) is 0 Å². The molecule has 0 heterocycles. The lowest BCUT2D eigenvalue weighted by Gasteiger charge is -2.08. The average Bonchev–Trinajstić information content (AvgIpc) is 2.27. The molecule has 2 aromatic rings. The van der Waals surface area contributed by atoms with Gasteiger partial charge in [0, 0.05) is 5.56 Å². The molecule has 2 aromatic carbocycles. The van der Waals surface area contributed by atoms with Gasteiger partial charge in [0.2, 0.25) is 0 Å². The average molecular weight is 214 g/mol. The minimum absolute atomic E-state index is 0.0938. The monoisotopic (exact) mass is 214 g/mol. The quantitative estimate of drug-likeness (QED) is 0.716. The molecule has 16 heavy (non-hydrogen) atoms. The smallest absolute Gasteiger partial charge is 0.160 e. The maximum atomic E-state index is 11.6. The molecule has 2 rings (SSSR count). The van der Waals surface area contributed by atoms with Gasteiger partial charge in [0.25, 0.3) is 0 Å². The molecule has 0 N–H and O–H groups in total. The molecule has 82 valence electrons. The van der Waals surface area contributed by atoms with E-state index >= 15 is 0 Å². The molecule has 0 aliphatic rings. The van der Waals surface area contributed by atoms with Crippen LogP contribution in [-0.4, -0.2) is 12.9 Å². The van der Waals surface area contributed by atoms with Crippen molar-refractivity contribution in [1.29, 1.82) is 0 Å². The van der Waals surface area contributed by atoms with Crippen LogP contribution in [0.25, 0.3) is 10.8 Å². The number of ether oxygens (including phenoxy) is 1. The Bertz CT molecular complexity index is 556. The number of hydrogen-bond donors (Lipinski definition) is 0. The summed E-state index contributed by atoms with van der Waals surface area (Å²) in [6, 6.07) is 9.79. The van der Waals surface area contributed by atoms with Crippen LogP contribution in [0.4, 0.5) is 0 Å². The van der Waals surface area contributed by atoms with Gasteiger partial charge in [-0.05, 0) is 42.3 Å². The Morgan fingerprint density at radius 1 is 1.19 bits per heavy atom. The number of ketones is 1. The Hall–Kier alpha value is -1.83. The lowest BCUT2D eigenvalue weighted by atomic mass is 9.97. The van der Waals surface area contributed by atoms with Crippen molar-refractivity contribution in [3.8, 4) is 5.75 Å². The second-order valence-electron chi connectivity index (χ2n) is 3.90. The van der Waals surface area contributed by atoms with Crippen LogP contribution in [0, 0.1) is 6.92 Å². The van der Waals surface area contributed by atoms with E-state index in [0.717, 1.165) is 27.6 Å². The Morgan fingerprint density at radius 2 is 1.88 bits per heavy atom. The van der Waals surface area contributed by atoms with Gasteiger partial charge in [-0.15, -0.1) is 0 Å². The third-order valence-corrected chi connectivity index (χ3v) is 2.79. The van der Waals surface area contributed by atoms with Gasteiger partial charge in [-0.25, -0.2) is 0 Å². The molecule has 0 bridgehead atoms. The van der Waals surface area contributed by atoms with E-state index in [9.17, 15) is 4.79 Å². The van der Waals surface area contributed by atoms with E-state index < -0.39 is 0 Å². The Kier molecular flexibility index (Phi) is 2.65. The lowest BCUT2D eigenvalue weighted by Crippen LogP contribution is -1.97. The molecule has 0 aliphatic carbocycles. The second kappa shape index (κ2) is 3.97. The van der Waals surface area contributed by atoms with E-state index in [-0.39, 0.29) is 5.78 Å². The molecule has 2 nitrogen and oxygen atoms in total. The van der Waals surface area contributed by atoms with Crippen molar-refractivity contribution < 1.29 is 9.53 Å². The van der Waals surface area contributed by atoms with E-state index in [0.29, 0.717) is 0 Å². The predicted molar refractivity (Wildman–Crippen MR) is 65.2 cm³/mol. The molecule has 0 aliphatic heterocycles. The van der Waals surface area contributed by atoms with Crippen molar-refractivity contribution in [2.75, 3.05) is 7.11 Å². The zero-order valence-corrected chi connectivity index (χ0v) is 9.70.